The van der Waals surface area contributed by atoms with Crippen molar-refractivity contribution in [3.8, 4) is 0 Å². The Bertz CT molecular complexity index is 504. The molecule has 2 aromatic rings. The SMILES string of the molecule is COC(=O)c1ccc2nc(CN)cn2c1. The van der Waals surface area contributed by atoms with Crippen LogP contribution in [-0.4, -0.2) is 22.5 Å². The van der Waals surface area contributed by atoms with Crippen molar-refractivity contribution in [2.75, 3.05) is 7.11 Å². The number of aromatic nitrogens is 2. The standard InChI is InChI=1S/C10H11N3O2/c1-15-10(14)7-2-3-9-12-8(4-11)6-13(9)5-7/h2-3,5-6H,4,11H2,1H3. The average Bonchev–Trinajstić information content (AvgIpc) is 2.69. The first-order chi connectivity index (χ1) is 7.24. The highest BCUT2D eigenvalue weighted by molar-refractivity contribution is 5.89. The Kier molecular flexibility index (Phi) is 2.39. The second kappa shape index (κ2) is 3.70. The van der Waals surface area contributed by atoms with Gasteiger partial charge in [-0.2, -0.15) is 0 Å². The Hall–Kier alpha value is -1.88. The summed E-state index contributed by atoms with van der Waals surface area (Å²) >= 11 is 0. The van der Waals surface area contributed by atoms with Crippen LogP contribution in [0.2, 0.25) is 0 Å². The van der Waals surface area contributed by atoms with E-state index in [0.29, 0.717) is 12.1 Å². The van der Waals surface area contributed by atoms with Crippen molar-refractivity contribution in [2.24, 2.45) is 5.73 Å². The molecule has 0 bridgehead atoms. The molecule has 78 valence electrons. The number of nitrogens with zero attached hydrogens (tertiary/aromatic N) is 2. The van der Waals surface area contributed by atoms with Crippen molar-refractivity contribution in [1.82, 2.24) is 9.38 Å². The molecule has 0 atom stereocenters. The van der Waals surface area contributed by atoms with Gasteiger partial charge in [0.15, 0.2) is 0 Å². The number of pyridine rings is 1. The second-order valence-corrected chi connectivity index (χ2v) is 3.11. The van der Waals surface area contributed by atoms with Gasteiger partial charge in [0, 0.05) is 18.9 Å². The van der Waals surface area contributed by atoms with E-state index in [4.69, 9.17) is 5.73 Å². The Morgan fingerprint density at radius 2 is 2.33 bits per heavy atom. The van der Waals surface area contributed by atoms with E-state index in [9.17, 15) is 4.79 Å². The van der Waals surface area contributed by atoms with E-state index in [1.54, 1.807) is 28.9 Å². The third-order valence-electron chi connectivity index (χ3n) is 2.13. The van der Waals surface area contributed by atoms with Crippen molar-refractivity contribution in [2.45, 2.75) is 6.54 Å². The zero-order valence-corrected chi connectivity index (χ0v) is 8.30. The van der Waals surface area contributed by atoms with Crippen LogP contribution in [0.25, 0.3) is 5.65 Å². The minimum Gasteiger partial charge on any atom is -0.465 e. The van der Waals surface area contributed by atoms with E-state index in [2.05, 4.69) is 9.72 Å². The highest BCUT2D eigenvalue weighted by Crippen LogP contribution is 2.08. The van der Waals surface area contributed by atoms with Crippen molar-refractivity contribution in [3.63, 3.8) is 0 Å². The summed E-state index contributed by atoms with van der Waals surface area (Å²) < 4.78 is 6.38. The molecule has 0 aliphatic carbocycles. The van der Waals surface area contributed by atoms with Crippen LogP contribution in [0.4, 0.5) is 0 Å². The molecule has 0 aliphatic rings. The third kappa shape index (κ3) is 1.69. The van der Waals surface area contributed by atoms with Crippen LogP contribution in [0.1, 0.15) is 16.1 Å². The molecule has 5 heteroatoms. The maximum absolute atomic E-state index is 11.3. The normalized spacial score (nSPS) is 10.5. The molecule has 2 rings (SSSR count). The molecule has 0 saturated heterocycles. The molecule has 2 N–H and O–H groups in total. The van der Waals surface area contributed by atoms with Crippen molar-refractivity contribution < 1.29 is 9.53 Å². The van der Waals surface area contributed by atoms with E-state index in [1.165, 1.54) is 7.11 Å². The fourth-order valence-corrected chi connectivity index (χ4v) is 1.38. The minimum atomic E-state index is -0.361. The molecule has 15 heavy (non-hydrogen) atoms. The predicted molar refractivity (Wildman–Crippen MR) is 54.4 cm³/mol. The number of ether oxygens (including phenoxy) is 1. The van der Waals surface area contributed by atoms with Gasteiger partial charge in [-0.1, -0.05) is 0 Å². The summed E-state index contributed by atoms with van der Waals surface area (Å²) in [7, 11) is 1.35. The van der Waals surface area contributed by atoms with E-state index >= 15 is 0 Å². The van der Waals surface area contributed by atoms with Crippen LogP contribution in [0.5, 0.6) is 0 Å². The number of methoxy groups -OCH3 is 1. The first-order valence-electron chi connectivity index (χ1n) is 4.50. The number of fused-ring (bicyclic) bond motifs is 1. The highest BCUT2D eigenvalue weighted by Gasteiger charge is 2.07. The largest absolute Gasteiger partial charge is 0.465 e. The topological polar surface area (TPSA) is 69.6 Å². The monoisotopic (exact) mass is 205 g/mol. The smallest absolute Gasteiger partial charge is 0.339 e. The van der Waals surface area contributed by atoms with E-state index in [-0.39, 0.29) is 5.97 Å². The fourth-order valence-electron chi connectivity index (χ4n) is 1.38. The van der Waals surface area contributed by atoms with Crippen LogP contribution in [-0.2, 0) is 11.3 Å². The molecule has 0 radical (unpaired) electrons. The van der Waals surface area contributed by atoms with Gasteiger partial charge in [0.25, 0.3) is 0 Å². The average molecular weight is 205 g/mol. The molecule has 0 saturated carbocycles. The Balaban J connectivity index is 2.50. The Labute approximate surface area is 86.5 Å². The summed E-state index contributed by atoms with van der Waals surface area (Å²) in [6.07, 6.45) is 3.47. The van der Waals surface area contributed by atoms with Crippen LogP contribution in [0, 0.1) is 0 Å². The predicted octanol–water partition coefficient (Wildman–Crippen LogP) is 0.580. The number of rotatable bonds is 2. The summed E-state index contributed by atoms with van der Waals surface area (Å²) in [5.41, 5.74) is 7.52. The van der Waals surface area contributed by atoms with Gasteiger partial charge >= 0.3 is 5.97 Å². The third-order valence-corrected chi connectivity index (χ3v) is 2.13. The highest BCUT2D eigenvalue weighted by atomic mass is 16.5. The van der Waals surface area contributed by atoms with Crippen molar-refractivity contribution in [1.29, 1.82) is 0 Å². The van der Waals surface area contributed by atoms with Gasteiger partial charge in [-0.15, -0.1) is 0 Å². The molecule has 0 fully saturated rings. The second-order valence-electron chi connectivity index (χ2n) is 3.11. The summed E-state index contributed by atoms with van der Waals surface area (Å²) in [5.74, 6) is -0.361. The molecule has 0 aliphatic heterocycles. The maximum atomic E-state index is 11.3. The number of carbonyl (C=O) groups excluding carboxylic acids is 1. The number of esters is 1. The number of imidazole rings is 1. The summed E-state index contributed by atoms with van der Waals surface area (Å²) in [6.45, 7) is 0.384. The summed E-state index contributed by atoms with van der Waals surface area (Å²) in [5, 5.41) is 0. The molecule has 2 aromatic heterocycles. The van der Waals surface area contributed by atoms with Gasteiger partial charge in [0.2, 0.25) is 0 Å². The van der Waals surface area contributed by atoms with Crippen molar-refractivity contribution in [3.05, 3.63) is 35.8 Å². The lowest BCUT2D eigenvalue weighted by Gasteiger charge is -1.99. The summed E-state index contributed by atoms with van der Waals surface area (Å²) in [6, 6.07) is 3.43. The lowest BCUT2D eigenvalue weighted by Crippen LogP contribution is -2.02. The lowest BCUT2D eigenvalue weighted by atomic mass is 10.3. The molecule has 0 spiro atoms. The first kappa shape index (κ1) is 9.67. The number of carbonyl (C=O) groups is 1. The van der Waals surface area contributed by atoms with Crippen LogP contribution >= 0.6 is 0 Å². The van der Waals surface area contributed by atoms with Crippen molar-refractivity contribution >= 4 is 11.6 Å². The first-order valence-corrected chi connectivity index (χ1v) is 4.50. The molecule has 0 amide bonds. The molecule has 5 nitrogen and oxygen atoms in total. The van der Waals surface area contributed by atoms with E-state index in [0.717, 1.165) is 11.3 Å². The van der Waals surface area contributed by atoms with Gasteiger partial charge in [0.05, 0.1) is 18.4 Å². The molecular weight excluding hydrogens is 194 g/mol. The summed E-state index contributed by atoms with van der Waals surface area (Å²) in [4.78, 5) is 15.5. The van der Waals surface area contributed by atoms with E-state index in [1.807, 2.05) is 0 Å². The van der Waals surface area contributed by atoms with Crippen LogP contribution in [0.15, 0.2) is 24.5 Å². The fraction of sp³-hybridized carbons (Fsp3) is 0.200. The minimum absolute atomic E-state index is 0.361. The molecule has 2 heterocycles. The molecule has 0 aromatic carbocycles. The van der Waals surface area contributed by atoms with E-state index < -0.39 is 0 Å². The quantitative estimate of drug-likeness (QED) is 0.728. The van der Waals surface area contributed by atoms with Crippen LogP contribution in [0.3, 0.4) is 0 Å². The Morgan fingerprint density at radius 3 is 3.00 bits per heavy atom. The van der Waals surface area contributed by atoms with Gasteiger partial charge in [-0.25, -0.2) is 9.78 Å². The zero-order chi connectivity index (χ0) is 10.8. The number of hydrogen-bond acceptors (Lipinski definition) is 4. The van der Waals surface area contributed by atoms with Gasteiger partial charge in [-0.05, 0) is 12.1 Å². The number of hydrogen-bond donors (Lipinski definition) is 1. The maximum Gasteiger partial charge on any atom is 0.339 e. The van der Waals surface area contributed by atoms with Gasteiger partial charge < -0.3 is 14.9 Å². The number of nitrogens with two attached hydrogens (primary N) is 1. The lowest BCUT2D eigenvalue weighted by molar-refractivity contribution is 0.0600. The zero-order valence-electron chi connectivity index (χ0n) is 8.30. The molecule has 0 unspecified atom stereocenters. The van der Waals surface area contributed by atoms with Gasteiger partial charge in [-0.3, -0.25) is 0 Å². The van der Waals surface area contributed by atoms with Gasteiger partial charge in [0.1, 0.15) is 5.65 Å². The molecular formula is C10H11N3O2. The Morgan fingerprint density at radius 1 is 1.53 bits per heavy atom. The van der Waals surface area contributed by atoms with Crippen LogP contribution < -0.4 is 5.73 Å².